The van der Waals surface area contributed by atoms with Crippen LogP contribution in [0.4, 0.5) is 0 Å². The second-order valence-electron chi connectivity index (χ2n) is 14.8. The number of aryl methyl sites for hydroxylation is 4. The largest absolute Gasteiger partial charge is 1.00 e. The molecule has 0 aromatic carbocycles. The minimum atomic E-state index is -0.125. The molecule has 1 radical (unpaired) electrons. The van der Waals surface area contributed by atoms with Gasteiger partial charge < -0.3 is 111 Å². The van der Waals surface area contributed by atoms with Gasteiger partial charge in [0.1, 0.15) is 28.2 Å². The van der Waals surface area contributed by atoms with Gasteiger partial charge in [-0.05, 0) is 82.7 Å². The van der Waals surface area contributed by atoms with E-state index in [2.05, 4.69) is 147 Å². The van der Waals surface area contributed by atoms with Crippen molar-refractivity contribution >= 4 is 52.2 Å². The van der Waals surface area contributed by atoms with E-state index in [1.54, 1.807) is 0 Å². The fourth-order valence-corrected chi connectivity index (χ4v) is 7.24. The minimum Gasteiger partial charge on any atom is -1.00 e. The van der Waals surface area contributed by atoms with E-state index in [1.165, 1.54) is 19.9 Å². The van der Waals surface area contributed by atoms with Gasteiger partial charge in [-0.3, -0.25) is 4.79 Å². The van der Waals surface area contributed by atoms with E-state index in [4.69, 9.17) is 25.0 Å². The van der Waals surface area contributed by atoms with Crippen LogP contribution in [0.25, 0.3) is 90.9 Å². The molecule has 0 amide bonds. The topological polar surface area (TPSA) is 107 Å². The predicted molar refractivity (Wildman–Crippen MR) is 230 cm³/mol. The van der Waals surface area contributed by atoms with Crippen molar-refractivity contribution in [1.82, 2.24) is 19.9 Å². The van der Waals surface area contributed by atoms with Gasteiger partial charge in [0, 0.05) is 93.2 Å². The summed E-state index contributed by atoms with van der Waals surface area (Å²) in [4.78, 5) is 31.4. The first-order valence-corrected chi connectivity index (χ1v) is 19.3. The number of hydrogen-bond acceptors (Lipinski definition) is 4. The Kier molecular flexibility index (Phi) is 21.0. The van der Waals surface area contributed by atoms with Crippen LogP contribution in [-0.4, -0.2) is 20.9 Å². The molecule has 1 N–H and O–H groups in total. The standard InChI is InChI=1S/C44H36N8.C5H8O2.4HI.Tb/c1-49-21-13-29(14-22-49)41-33-5-7-35(45-33)42(30-15-23-50(2)24-16-30)37-9-11-39(47-37)44(32-19-27-52(4)28-20-32)40-12-10-38(48-40)43(36-8-6-34(41)46-36)31-17-25-51(3)26-18-31;1-4(6)3-5(2)7;;;;;/h5-28H,1-4H3;3,6H,1-2H3;4*1H;/q+2;;;;;;/p-4/b;4-3-;;;;;. The molecule has 2 aliphatic rings. The number of halogens is 4. The normalized spacial score (nSPS) is 11.1. The van der Waals surface area contributed by atoms with E-state index in [-0.39, 0.29) is 146 Å². The number of allylic oxidation sites excluding steroid dienone is 2. The van der Waals surface area contributed by atoms with Crippen molar-refractivity contribution in [3.05, 3.63) is 157 Å². The number of carbonyl (C=O) groups excluding carboxylic acids is 1. The van der Waals surface area contributed by atoms with E-state index >= 15 is 0 Å². The summed E-state index contributed by atoms with van der Waals surface area (Å²) in [6.07, 6.45) is 26.0. The molecule has 7 aromatic rings. The number of aromatic nitrogens is 8. The Hall–Kier alpha value is -3.38. The molecular formula is C49H44I4N8O2Tb-2. The summed E-state index contributed by atoms with van der Waals surface area (Å²) in [5.41, 5.74) is 14.7. The van der Waals surface area contributed by atoms with Gasteiger partial charge in [0.25, 0.3) is 0 Å². The number of aliphatic hydroxyl groups excluding tert-OH is 1. The molecule has 7 aromatic heterocycles. The maximum absolute atomic E-state index is 10.0. The smallest absolute Gasteiger partial charge is 0.169 e. The molecule has 0 aliphatic carbocycles. The summed E-state index contributed by atoms with van der Waals surface area (Å²) in [6.45, 7) is 2.85. The summed E-state index contributed by atoms with van der Waals surface area (Å²) in [6, 6.07) is 25.4. The van der Waals surface area contributed by atoms with E-state index in [0.29, 0.717) is 0 Å². The third kappa shape index (κ3) is 12.5. The maximum Gasteiger partial charge on any atom is 0.169 e. The fourth-order valence-electron chi connectivity index (χ4n) is 7.24. The summed E-state index contributed by atoms with van der Waals surface area (Å²) in [5.74, 6) is -0.0625. The molecule has 0 atom stereocenters. The molecule has 2 aliphatic heterocycles. The number of aliphatic hydroxyl groups is 1. The van der Waals surface area contributed by atoms with Gasteiger partial charge >= 0.3 is 0 Å². The van der Waals surface area contributed by atoms with E-state index in [9.17, 15) is 4.79 Å². The molecule has 0 unspecified atom stereocenters. The molecule has 0 saturated carbocycles. The fraction of sp³-hybridized carbons (Fsp3) is 0.122. The SMILES string of the molecule is CC(=O)/C=C(/C)O.C[n+]1ccc(-c2c3nc(c(-c4cc[n+](C)cc4)c4ccc([n-]4)c(-c4cc[n+](C)cc4)c4nc(c(-c5cc[n+](C)cc5)c5ccc2[n-]5)C=C4)C=C3)cc1.[I-].[I-].[I-].[I-].[Tb]. The first-order chi connectivity index (χ1) is 28.5. The quantitative estimate of drug-likeness (QED) is 0.0802. The Bertz CT molecular complexity index is 2640. The molecule has 0 saturated heterocycles. The Morgan fingerprint density at radius 3 is 0.844 bits per heavy atom. The zero-order valence-electron chi connectivity index (χ0n) is 35.7. The maximum atomic E-state index is 10.0. The second kappa shape index (κ2) is 24.4. The Labute approximate surface area is 472 Å². The van der Waals surface area contributed by atoms with E-state index in [0.717, 1.165) is 89.4 Å². The molecule has 9 heterocycles. The first kappa shape index (κ1) is 54.9. The Morgan fingerprint density at radius 1 is 0.453 bits per heavy atom. The third-order valence-electron chi connectivity index (χ3n) is 10.1. The number of hydrogen-bond donors (Lipinski definition) is 1. The van der Waals surface area contributed by atoms with Crippen LogP contribution in [-0.2, 0) is 33.0 Å². The van der Waals surface area contributed by atoms with Crippen LogP contribution in [0.2, 0.25) is 0 Å². The van der Waals surface area contributed by atoms with Crippen molar-refractivity contribution in [1.29, 1.82) is 0 Å². The van der Waals surface area contributed by atoms with Crippen LogP contribution in [0.5, 0.6) is 0 Å². The molecule has 331 valence electrons. The van der Waals surface area contributed by atoms with Crippen molar-refractivity contribution in [2.45, 2.75) is 13.8 Å². The van der Waals surface area contributed by atoms with Gasteiger partial charge in [-0.25, -0.2) is 28.2 Å². The summed E-state index contributed by atoms with van der Waals surface area (Å²) >= 11 is 0. The van der Waals surface area contributed by atoms with Crippen LogP contribution >= 0.6 is 0 Å². The summed E-state index contributed by atoms with van der Waals surface area (Å²) < 4.78 is 8.14. The minimum absolute atomic E-state index is 0. The first-order valence-electron chi connectivity index (χ1n) is 19.3. The van der Waals surface area contributed by atoms with Crippen LogP contribution in [0.1, 0.15) is 36.6 Å². The van der Waals surface area contributed by atoms with Crippen molar-refractivity contribution in [3.63, 3.8) is 0 Å². The zero-order chi connectivity index (χ0) is 41.2. The average molecular weight is 1440 g/mol. The van der Waals surface area contributed by atoms with Crippen LogP contribution in [0.15, 0.2) is 134 Å². The van der Waals surface area contributed by atoms with Crippen LogP contribution in [0.3, 0.4) is 0 Å². The van der Waals surface area contributed by atoms with E-state index < -0.39 is 0 Å². The second-order valence-corrected chi connectivity index (χ2v) is 14.8. The van der Waals surface area contributed by atoms with Gasteiger partial charge in [-0.2, -0.15) is 0 Å². The molecule has 0 spiro atoms. The summed E-state index contributed by atoms with van der Waals surface area (Å²) in [5, 5.41) is 8.36. The molecule has 9 rings (SSSR count). The van der Waals surface area contributed by atoms with Gasteiger partial charge in [0.2, 0.25) is 0 Å². The molecular weight excluding hydrogens is 1400 g/mol. The Morgan fingerprint density at radius 2 is 0.672 bits per heavy atom. The molecule has 10 nitrogen and oxygen atoms in total. The number of fused-ring (bicyclic) bond motifs is 8. The number of nitrogens with zero attached hydrogens (tertiary/aromatic N) is 8. The third-order valence-corrected chi connectivity index (χ3v) is 10.1. The van der Waals surface area contributed by atoms with Gasteiger partial charge in [0.15, 0.2) is 55.4 Å². The zero-order valence-corrected chi connectivity index (χ0v) is 46.5. The number of carbonyl (C=O) groups is 1. The molecule has 15 heteroatoms. The number of ketones is 1. The summed E-state index contributed by atoms with van der Waals surface area (Å²) in [7, 11) is 8.10. The number of pyridine rings is 4. The van der Waals surface area contributed by atoms with Gasteiger partial charge in [-0.1, -0.05) is 24.3 Å². The average Bonchev–Trinajstić information content (AvgIpc) is 4.05. The molecule has 0 fully saturated rings. The van der Waals surface area contributed by atoms with Crippen molar-refractivity contribution in [2.75, 3.05) is 0 Å². The predicted octanol–water partition coefficient (Wildman–Crippen LogP) is -5.07. The van der Waals surface area contributed by atoms with Gasteiger partial charge in [0.05, 0.1) is 28.5 Å². The Balaban J connectivity index is 0.000000842. The number of rotatable bonds is 5. The van der Waals surface area contributed by atoms with Crippen molar-refractivity contribution in [2.24, 2.45) is 28.2 Å². The van der Waals surface area contributed by atoms with E-state index in [1.807, 2.05) is 46.5 Å². The monoisotopic (exact) mass is 1440 g/mol. The van der Waals surface area contributed by atoms with Crippen molar-refractivity contribution < 1.29 is 163 Å². The van der Waals surface area contributed by atoms with Crippen LogP contribution < -0.4 is 124 Å². The van der Waals surface area contributed by atoms with Crippen molar-refractivity contribution in [3.8, 4) is 44.5 Å². The molecule has 8 bridgehead atoms. The van der Waals surface area contributed by atoms with Crippen LogP contribution in [0, 0.1) is 38.6 Å². The molecule has 64 heavy (non-hydrogen) atoms. The van der Waals surface area contributed by atoms with Gasteiger partial charge in [-0.15, -0.1) is 22.1 Å².